The topological polar surface area (TPSA) is 165 Å². The molecule has 2 aromatic rings. The molecule has 1 aliphatic rings. The zero-order valence-electron chi connectivity index (χ0n) is 15.4. The number of amides is 1. The van der Waals surface area contributed by atoms with Gasteiger partial charge in [0.2, 0.25) is 0 Å². The van der Waals surface area contributed by atoms with Crippen LogP contribution in [0.5, 0.6) is 0 Å². The molecule has 1 saturated heterocycles. The van der Waals surface area contributed by atoms with Gasteiger partial charge < -0.3 is 11.1 Å². The number of aromatic nitrogens is 2. The third-order valence-electron chi connectivity index (χ3n) is 4.56. The number of halogens is 3. The SMILES string of the molecule is N#CC1CS(=O)(=O)CC1n1cc(C(N)=O)c(Nc2ccc(S(=O)(=O)C(F)(F)F)cc2)n1. The third-order valence-corrected chi connectivity index (χ3v) is 7.78. The predicted octanol–water partition coefficient (Wildman–Crippen LogP) is 1.13. The minimum Gasteiger partial charge on any atom is -0.365 e. The summed E-state index contributed by atoms with van der Waals surface area (Å²) in [6.45, 7) is 0. The fourth-order valence-electron chi connectivity index (χ4n) is 3.03. The van der Waals surface area contributed by atoms with E-state index in [1.165, 1.54) is 6.20 Å². The lowest BCUT2D eigenvalue weighted by Crippen LogP contribution is -2.23. The number of nitrogens with two attached hydrogens (primary N) is 1. The molecule has 3 N–H and O–H groups in total. The van der Waals surface area contributed by atoms with Crippen molar-refractivity contribution in [1.29, 1.82) is 5.26 Å². The molecule has 1 aliphatic heterocycles. The summed E-state index contributed by atoms with van der Waals surface area (Å²) in [5, 5.41) is 15.9. The lowest BCUT2D eigenvalue weighted by Gasteiger charge is -2.12. The van der Waals surface area contributed by atoms with E-state index in [9.17, 15) is 40.1 Å². The van der Waals surface area contributed by atoms with Crippen LogP contribution in [0.1, 0.15) is 16.4 Å². The van der Waals surface area contributed by atoms with Crippen molar-refractivity contribution in [2.45, 2.75) is 16.4 Å². The number of rotatable bonds is 5. The maximum atomic E-state index is 12.6. The highest BCUT2D eigenvalue weighted by atomic mass is 32.2. The number of alkyl halides is 3. The Bertz CT molecular complexity index is 1280. The first-order valence-corrected chi connectivity index (χ1v) is 11.7. The Balaban J connectivity index is 1.92. The van der Waals surface area contributed by atoms with Gasteiger partial charge in [0.15, 0.2) is 15.7 Å². The van der Waals surface area contributed by atoms with E-state index in [0.717, 1.165) is 28.9 Å². The van der Waals surface area contributed by atoms with E-state index in [4.69, 9.17) is 5.73 Å². The van der Waals surface area contributed by atoms with Crippen molar-refractivity contribution in [3.8, 4) is 6.07 Å². The molecule has 15 heteroatoms. The number of nitriles is 1. The normalized spacial score (nSPS) is 20.8. The van der Waals surface area contributed by atoms with Gasteiger partial charge in [-0.05, 0) is 24.3 Å². The van der Waals surface area contributed by atoms with Gasteiger partial charge in [0, 0.05) is 11.9 Å². The number of benzene rings is 1. The van der Waals surface area contributed by atoms with Gasteiger partial charge in [0.05, 0.1) is 34.4 Å². The highest BCUT2D eigenvalue weighted by molar-refractivity contribution is 7.92. The molecule has 10 nitrogen and oxygen atoms in total. The number of anilines is 2. The molecule has 0 aliphatic carbocycles. The molecule has 2 unspecified atom stereocenters. The third kappa shape index (κ3) is 4.35. The molecule has 2 atom stereocenters. The molecule has 3 rings (SSSR count). The predicted molar refractivity (Wildman–Crippen MR) is 101 cm³/mol. The zero-order chi connectivity index (χ0) is 23.2. The Morgan fingerprint density at radius 3 is 2.39 bits per heavy atom. The van der Waals surface area contributed by atoms with Crippen LogP contribution < -0.4 is 11.1 Å². The van der Waals surface area contributed by atoms with Gasteiger partial charge in [0.1, 0.15) is 5.56 Å². The monoisotopic (exact) mass is 477 g/mol. The van der Waals surface area contributed by atoms with Gasteiger partial charge in [-0.2, -0.15) is 23.5 Å². The number of sulfone groups is 2. The van der Waals surface area contributed by atoms with Crippen molar-refractivity contribution in [2.24, 2.45) is 11.7 Å². The van der Waals surface area contributed by atoms with Gasteiger partial charge in [-0.3, -0.25) is 9.48 Å². The standard InChI is InChI=1S/C16H14F3N5O5S2/c17-16(18,19)31(28,29)11-3-1-10(2-4-11)22-15-12(14(21)25)6-24(23-15)13-8-30(26,27)7-9(13)5-20/h1-4,6,9,13H,7-8H2,(H2,21,25)(H,22,23). The maximum Gasteiger partial charge on any atom is 0.501 e. The average molecular weight is 477 g/mol. The summed E-state index contributed by atoms with van der Waals surface area (Å²) in [5.41, 5.74) is -0.221. The number of primary amides is 1. The van der Waals surface area contributed by atoms with E-state index in [2.05, 4.69) is 10.4 Å². The second-order valence-corrected chi connectivity index (χ2v) is 10.8. The first-order valence-electron chi connectivity index (χ1n) is 8.42. The van der Waals surface area contributed by atoms with Crippen LogP contribution >= 0.6 is 0 Å². The lowest BCUT2D eigenvalue weighted by molar-refractivity contribution is -0.0436. The van der Waals surface area contributed by atoms with Gasteiger partial charge >= 0.3 is 5.51 Å². The smallest absolute Gasteiger partial charge is 0.365 e. The summed E-state index contributed by atoms with van der Waals surface area (Å²) in [4.78, 5) is 10.8. The van der Waals surface area contributed by atoms with E-state index >= 15 is 0 Å². The summed E-state index contributed by atoms with van der Waals surface area (Å²) in [6.07, 6.45) is 1.17. The Morgan fingerprint density at radius 1 is 1.26 bits per heavy atom. The van der Waals surface area contributed by atoms with Crippen LogP contribution in [0.15, 0.2) is 35.4 Å². The number of nitrogens with zero attached hydrogens (tertiary/aromatic N) is 3. The van der Waals surface area contributed by atoms with Crippen LogP contribution in [-0.4, -0.2) is 49.5 Å². The van der Waals surface area contributed by atoms with Crippen molar-refractivity contribution in [1.82, 2.24) is 9.78 Å². The first-order chi connectivity index (χ1) is 14.2. The number of hydrogen-bond donors (Lipinski definition) is 2. The molecule has 1 aromatic heterocycles. The summed E-state index contributed by atoms with van der Waals surface area (Å²) in [5.74, 6) is -2.70. The minimum absolute atomic E-state index is 0.0877. The summed E-state index contributed by atoms with van der Waals surface area (Å²) in [7, 11) is -9.01. The van der Waals surface area contributed by atoms with Gasteiger partial charge in [-0.25, -0.2) is 16.8 Å². The van der Waals surface area contributed by atoms with Crippen LogP contribution in [0.2, 0.25) is 0 Å². The lowest BCUT2D eigenvalue weighted by atomic mass is 10.1. The van der Waals surface area contributed by atoms with Crippen LogP contribution in [0.4, 0.5) is 24.7 Å². The Kier molecular flexibility index (Phi) is 5.48. The molecular formula is C16H14F3N5O5S2. The van der Waals surface area contributed by atoms with Crippen LogP contribution in [0, 0.1) is 17.2 Å². The second kappa shape index (κ2) is 7.54. The van der Waals surface area contributed by atoms with E-state index in [-0.39, 0.29) is 28.6 Å². The van der Waals surface area contributed by atoms with E-state index in [1.807, 2.05) is 6.07 Å². The Morgan fingerprint density at radius 2 is 1.87 bits per heavy atom. The average Bonchev–Trinajstić information content (AvgIpc) is 3.21. The van der Waals surface area contributed by atoms with Crippen molar-refractivity contribution < 1.29 is 34.8 Å². The Hall–Kier alpha value is -3.12. The summed E-state index contributed by atoms with van der Waals surface area (Å²) in [6, 6.07) is 4.53. The van der Waals surface area contributed by atoms with Gasteiger partial charge in [0.25, 0.3) is 15.7 Å². The van der Waals surface area contributed by atoms with Crippen molar-refractivity contribution in [2.75, 3.05) is 16.8 Å². The highest BCUT2D eigenvalue weighted by Crippen LogP contribution is 2.33. The summed E-state index contributed by atoms with van der Waals surface area (Å²) >= 11 is 0. The fourth-order valence-corrected chi connectivity index (χ4v) is 5.68. The highest BCUT2D eigenvalue weighted by Gasteiger charge is 2.46. The second-order valence-electron chi connectivity index (χ2n) is 6.71. The first kappa shape index (κ1) is 22.6. The maximum absolute atomic E-state index is 12.6. The van der Waals surface area contributed by atoms with Crippen molar-refractivity contribution in [3.63, 3.8) is 0 Å². The molecule has 0 saturated carbocycles. The van der Waals surface area contributed by atoms with Crippen LogP contribution in [-0.2, 0) is 19.7 Å². The largest absolute Gasteiger partial charge is 0.501 e. The van der Waals surface area contributed by atoms with Crippen LogP contribution in [0.25, 0.3) is 0 Å². The zero-order valence-corrected chi connectivity index (χ0v) is 17.0. The number of carbonyl (C=O) groups is 1. The molecule has 2 heterocycles. The molecule has 31 heavy (non-hydrogen) atoms. The van der Waals surface area contributed by atoms with Crippen LogP contribution in [0.3, 0.4) is 0 Å². The minimum atomic E-state index is -5.52. The van der Waals surface area contributed by atoms with Gasteiger partial charge in [-0.15, -0.1) is 0 Å². The number of nitrogens with one attached hydrogen (secondary N) is 1. The number of hydrogen-bond acceptors (Lipinski definition) is 8. The number of carbonyl (C=O) groups excluding carboxylic acids is 1. The molecule has 1 fully saturated rings. The molecule has 0 bridgehead atoms. The molecule has 0 spiro atoms. The van der Waals surface area contributed by atoms with E-state index in [0.29, 0.717) is 0 Å². The van der Waals surface area contributed by atoms with E-state index < -0.39 is 47.9 Å². The molecular weight excluding hydrogens is 463 g/mol. The molecule has 1 aromatic carbocycles. The van der Waals surface area contributed by atoms with Gasteiger partial charge in [-0.1, -0.05) is 0 Å². The molecule has 0 radical (unpaired) electrons. The van der Waals surface area contributed by atoms with Crippen molar-refractivity contribution in [3.05, 3.63) is 36.0 Å². The fraction of sp³-hybridized carbons (Fsp3) is 0.312. The molecule has 1 amide bonds. The quantitative estimate of drug-likeness (QED) is 0.647. The van der Waals surface area contributed by atoms with Crippen molar-refractivity contribution >= 4 is 37.1 Å². The Labute approximate surface area is 174 Å². The van der Waals surface area contributed by atoms with E-state index in [1.54, 1.807) is 0 Å². The summed E-state index contributed by atoms with van der Waals surface area (Å²) < 4.78 is 85.6. The molecule has 166 valence electrons.